The van der Waals surface area contributed by atoms with Crippen molar-refractivity contribution in [1.29, 1.82) is 0 Å². The Balaban J connectivity index is 2.78. The van der Waals surface area contributed by atoms with Gasteiger partial charge in [0.1, 0.15) is 5.15 Å². The first-order valence-electron chi connectivity index (χ1n) is 4.34. The summed E-state index contributed by atoms with van der Waals surface area (Å²) in [5.41, 5.74) is -1.28. The van der Waals surface area contributed by atoms with E-state index in [1.165, 1.54) is 11.3 Å². The maximum Gasteiger partial charge on any atom is 0.184 e. The molecule has 0 saturated carbocycles. The van der Waals surface area contributed by atoms with Crippen LogP contribution in [0.2, 0.25) is 5.15 Å². The molecule has 0 saturated heterocycles. The summed E-state index contributed by atoms with van der Waals surface area (Å²) in [7, 11) is 0. The van der Waals surface area contributed by atoms with Crippen molar-refractivity contribution in [2.24, 2.45) is 0 Å². The van der Waals surface area contributed by atoms with E-state index in [1.54, 1.807) is 19.2 Å². The van der Waals surface area contributed by atoms with Crippen molar-refractivity contribution in [3.8, 4) is 0 Å². The second-order valence-electron chi connectivity index (χ2n) is 4.28. The Labute approximate surface area is 93.1 Å². The Morgan fingerprint density at radius 3 is 2.36 bits per heavy atom. The Hall–Kier alpha value is -0.320. The minimum atomic E-state index is -0.828. The summed E-state index contributed by atoms with van der Waals surface area (Å²) in [6.45, 7) is 7.36. The molecule has 0 unspecified atom stereocenters. The Bertz CT molecular complexity index is 317. The van der Waals surface area contributed by atoms with E-state index in [-0.39, 0.29) is 0 Å². The van der Waals surface area contributed by atoms with Crippen molar-refractivity contribution in [3.05, 3.63) is 10.5 Å². The van der Waals surface area contributed by atoms with Crippen molar-refractivity contribution in [2.75, 3.05) is 5.32 Å². The molecule has 1 heterocycles. The molecule has 14 heavy (non-hydrogen) atoms. The van der Waals surface area contributed by atoms with Gasteiger partial charge in [-0.05, 0) is 27.7 Å². The molecule has 0 aliphatic carbocycles. The Morgan fingerprint density at radius 2 is 2.00 bits per heavy atom. The molecule has 0 fully saturated rings. The highest BCUT2D eigenvalue weighted by Gasteiger charge is 2.35. The number of rotatable bonds is 3. The van der Waals surface area contributed by atoms with Crippen LogP contribution in [0.25, 0.3) is 0 Å². The molecule has 5 heteroatoms. The number of hydrogen-bond acceptors (Lipinski definition) is 4. The first kappa shape index (κ1) is 11.8. The molecule has 3 nitrogen and oxygen atoms in total. The predicted octanol–water partition coefficient (Wildman–Crippen LogP) is 2.76. The average Bonchev–Trinajstić information content (AvgIpc) is 2.31. The Morgan fingerprint density at radius 1 is 1.43 bits per heavy atom. The topological polar surface area (TPSA) is 45.1 Å². The van der Waals surface area contributed by atoms with Gasteiger partial charge in [0, 0.05) is 5.38 Å². The quantitative estimate of drug-likeness (QED) is 0.846. The highest BCUT2D eigenvalue weighted by molar-refractivity contribution is 7.14. The molecular weight excluding hydrogens is 220 g/mol. The summed E-state index contributed by atoms with van der Waals surface area (Å²) in [4.78, 5) is 4.07. The largest absolute Gasteiger partial charge is 0.388 e. The third kappa shape index (κ3) is 2.59. The zero-order valence-electron chi connectivity index (χ0n) is 8.76. The van der Waals surface area contributed by atoms with Gasteiger partial charge in [0.2, 0.25) is 0 Å². The van der Waals surface area contributed by atoms with Crippen LogP contribution in [-0.4, -0.2) is 21.2 Å². The van der Waals surface area contributed by atoms with Gasteiger partial charge in [-0.15, -0.1) is 11.3 Å². The summed E-state index contributed by atoms with van der Waals surface area (Å²) < 4.78 is 0. The number of nitrogens with zero attached hydrogens (tertiary/aromatic N) is 1. The number of halogens is 1. The second-order valence-corrected chi connectivity index (χ2v) is 5.53. The molecule has 0 aliphatic rings. The molecular formula is C9H15ClN2OS. The number of hydrogen-bond donors (Lipinski definition) is 2. The van der Waals surface area contributed by atoms with Crippen molar-refractivity contribution >= 4 is 28.1 Å². The third-order valence-corrected chi connectivity index (χ3v) is 3.51. The van der Waals surface area contributed by atoms with Crippen LogP contribution in [0, 0.1) is 0 Å². The summed E-state index contributed by atoms with van der Waals surface area (Å²) in [6.07, 6.45) is 0. The molecule has 0 radical (unpaired) electrons. The monoisotopic (exact) mass is 234 g/mol. The van der Waals surface area contributed by atoms with Crippen LogP contribution >= 0.6 is 22.9 Å². The second kappa shape index (κ2) is 3.68. The van der Waals surface area contributed by atoms with Crippen LogP contribution in [0.15, 0.2) is 5.38 Å². The first-order chi connectivity index (χ1) is 6.22. The molecule has 0 spiro atoms. The fraction of sp³-hybridized carbons (Fsp3) is 0.667. The lowest BCUT2D eigenvalue weighted by Crippen LogP contribution is -2.51. The van der Waals surface area contributed by atoms with Gasteiger partial charge in [-0.2, -0.15) is 0 Å². The highest BCUT2D eigenvalue weighted by atomic mass is 35.5. The van der Waals surface area contributed by atoms with E-state index in [0.717, 1.165) is 5.13 Å². The first-order valence-corrected chi connectivity index (χ1v) is 5.60. The molecule has 0 aromatic carbocycles. The van der Waals surface area contributed by atoms with Gasteiger partial charge in [0.05, 0.1) is 11.1 Å². The van der Waals surface area contributed by atoms with Crippen LogP contribution in [-0.2, 0) is 0 Å². The maximum atomic E-state index is 9.89. The van der Waals surface area contributed by atoms with E-state index >= 15 is 0 Å². The maximum absolute atomic E-state index is 9.89. The summed E-state index contributed by atoms with van der Waals surface area (Å²) in [5, 5.41) is 16.0. The van der Waals surface area contributed by atoms with Gasteiger partial charge in [0.25, 0.3) is 0 Å². The summed E-state index contributed by atoms with van der Waals surface area (Å²) in [5.74, 6) is 0. The molecule has 80 valence electrons. The van der Waals surface area contributed by atoms with Gasteiger partial charge in [-0.1, -0.05) is 11.6 Å². The Kier molecular flexibility index (Phi) is 3.09. The smallest absolute Gasteiger partial charge is 0.184 e. The van der Waals surface area contributed by atoms with E-state index in [0.29, 0.717) is 5.15 Å². The number of anilines is 1. The number of aliphatic hydroxyl groups is 1. The fourth-order valence-corrected chi connectivity index (χ4v) is 1.73. The molecule has 0 bridgehead atoms. The molecule has 0 aliphatic heterocycles. The third-order valence-electron chi connectivity index (χ3n) is 2.43. The van der Waals surface area contributed by atoms with Crippen LogP contribution in [0.1, 0.15) is 27.7 Å². The van der Waals surface area contributed by atoms with Crippen molar-refractivity contribution in [2.45, 2.75) is 38.8 Å². The lowest BCUT2D eigenvalue weighted by molar-refractivity contribution is 0.0240. The molecule has 1 aromatic rings. The van der Waals surface area contributed by atoms with Crippen molar-refractivity contribution in [1.82, 2.24) is 4.98 Å². The number of nitrogens with one attached hydrogen (secondary N) is 1. The zero-order chi connectivity index (χ0) is 11.0. The van der Waals surface area contributed by atoms with E-state index < -0.39 is 11.1 Å². The normalized spacial score (nSPS) is 13.0. The molecule has 0 amide bonds. The van der Waals surface area contributed by atoms with Crippen molar-refractivity contribution in [3.63, 3.8) is 0 Å². The van der Waals surface area contributed by atoms with E-state index in [1.807, 2.05) is 13.8 Å². The van der Waals surface area contributed by atoms with Gasteiger partial charge in [-0.3, -0.25) is 0 Å². The minimum Gasteiger partial charge on any atom is -0.388 e. The van der Waals surface area contributed by atoms with Crippen molar-refractivity contribution < 1.29 is 5.11 Å². The fourth-order valence-electron chi connectivity index (χ4n) is 0.732. The van der Waals surface area contributed by atoms with Gasteiger partial charge in [-0.25, -0.2) is 4.98 Å². The molecule has 1 aromatic heterocycles. The highest BCUT2D eigenvalue weighted by Crippen LogP contribution is 2.28. The summed E-state index contributed by atoms with van der Waals surface area (Å²) >= 11 is 7.13. The van der Waals surface area contributed by atoms with E-state index in [4.69, 9.17) is 11.6 Å². The summed E-state index contributed by atoms with van der Waals surface area (Å²) in [6, 6.07) is 0. The van der Waals surface area contributed by atoms with Crippen LogP contribution in [0.5, 0.6) is 0 Å². The molecule has 0 atom stereocenters. The molecule has 1 rings (SSSR count). The van der Waals surface area contributed by atoms with Gasteiger partial charge >= 0.3 is 0 Å². The number of aromatic nitrogens is 1. The standard InChI is InChI=1S/C9H15ClN2OS/c1-8(2,9(3,4)13)12-7-11-6(10)5-14-7/h5,13H,1-4H3,(H,11,12). The minimum absolute atomic E-state index is 0.450. The lowest BCUT2D eigenvalue weighted by Gasteiger charge is -2.37. The van der Waals surface area contributed by atoms with Gasteiger partial charge in [0.15, 0.2) is 5.13 Å². The van der Waals surface area contributed by atoms with Crippen LogP contribution in [0.3, 0.4) is 0 Å². The van der Waals surface area contributed by atoms with Gasteiger partial charge < -0.3 is 10.4 Å². The zero-order valence-corrected chi connectivity index (χ0v) is 10.3. The SMILES string of the molecule is CC(C)(O)C(C)(C)Nc1nc(Cl)cs1. The van der Waals surface area contributed by atoms with E-state index in [9.17, 15) is 5.11 Å². The van der Waals surface area contributed by atoms with E-state index in [2.05, 4.69) is 10.3 Å². The average molecular weight is 235 g/mol. The van der Waals surface area contributed by atoms with Crippen LogP contribution in [0.4, 0.5) is 5.13 Å². The molecule has 2 N–H and O–H groups in total. The van der Waals surface area contributed by atoms with Crippen LogP contribution < -0.4 is 5.32 Å². The predicted molar refractivity (Wildman–Crippen MR) is 61.1 cm³/mol. The lowest BCUT2D eigenvalue weighted by atomic mass is 9.86. The number of thiazole rings is 1.